The summed E-state index contributed by atoms with van der Waals surface area (Å²) >= 11 is 5.80. The van der Waals surface area contributed by atoms with Crippen LogP contribution in [-0.2, 0) is 4.79 Å². The van der Waals surface area contributed by atoms with Crippen LogP contribution in [0.4, 0.5) is 0 Å². The maximum Gasteiger partial charge on any atom is 0.347 e. The summed E-state index contributed by atoms with van der Waals surface area (Å²) in [5, 5.41) is 9.43. The molecule has 0 spiro atoms. The number of carboxylic acids is 1. The highest BCUT2D eigenvalue weighted by Gasteiger charge is 2.29. The van der Waals surface area contributed by atoms with Gasteiger partial charge in [-0.1, -0.05) is 17.7 Å². The molecular weight excluding hydrogens is 216 g/mol. The molecule has 1 aromatic carbocycles. The molecule has 0 radical (unpaired) electrons. The Balaban J connectivity index is 2.99. The van der Waals surface area contributed by atoms with Crippen LogP contribution in [0.2, 0.25) is 5.02 Å². The molecule has 0 heterocycles. The van der Waals surface area contributed by atoms with Crippen molar-refractivity contribution in [3.63, 3.8) is 0 Å². The number of aliphatic carboxylic acids is 1. The average molecular weight is 229 g/mol. The second-order valence-corrected chi connectivity index (χ2v) is 4.26. The summed E-state index contributed by atoms with van der Waals surface area (Å²) in [5.41, 5.74) is -0.399. The molecule has 0 amide bonds. The van der Waals surface area contributed by atoms with Crippen molar-refractivity contribution in [3.05, 3.63) is 28.8 Å². The Bertz CT molecular complexity index is 385. The minimum absolute atomic E-state index is 0.495. The topological polar surface area (TPSA) is 46.5 Å². The molecule has 0 saturated carbocycles. The van der Waals surface area contributed by atoms with Gasteiger partial charge in [-0.15, -0.1) is 0 Å². The molecule has 3 nitrogen and oxygen atoms in total. The van der Waals surface area contributed by atoms with Crippen molar-refractivity contribution in [1.82, 2.24) is 0 Å². The SMILES string of the molecule is Cc1ccc(Cl)cc1OC(C)(C)C(=O)O. The highest BCUT2D eigenvalue weighted by atomic mass is 35.5. The van der Waals surface area contributed by atoms with Gasteiger partial charge in [-0.3, -0.25) is 0 Å². The van der Waals surface area contributed by atoms with Crippen LogP contribution in [0.15, 0.2) is 18.2 Å². The van der Waals surface area contributed by atoms with E-state index < -0.39 is 11.6 Å². The van der Waals surface area contributed by atoms with Gasteiger partial charge in [0.2, 0.25) is 0 Å². The minimum Gasteiger partial charge on any atom is -0.478 e. The van der Waals surface area contributed by atoms with Gasteiger partial charge in [-0.2, -0.15) is 0 Å². The molecule has 1 rings (SSSR count). The van der Waals surface area contributed by atoms with E-state index in [1.807, 2.05) is 6.92 Å². The molecule has 0 bridgehead atoms. The van der Waals surface area contributed by atoms with Crippen LogP contribution in [-0.4, -0.2) is 16.7 Å². The maximum atomic E-state index is 10.9. The summed E-state index contributed by atoms with van der Waals surface area (Å²) < 4.78 is 5.39. The van der Waals surface area contributed by atoms with Crippen molar-refractivity contribution in [2.75, 3.05) is 0 Å². The lowest BCUT2D eigenvalue weighted by molar-refractivity contribution is -0.152. The van der Waals surface area contributed by atoms with Gasteiger partial charge < -0.3 is 9.84 Å². The van der Waals surface area contributed by atoms with E-state index in [1.54, 1.807) is 18.2 Å². The van der Waals surface area contributed by atoms with Crippen LogP contribution >= 0.6 is 11.6 Å². The van der Waals surface area contributed by atoms with Crippen molar-refractivity contribution >= 4 is 17.6 Å². The molecule has 0 aromatic heterocycles. The highest BCUT2D eigenvalue weighted by Crippen LogP contribution is 2.26. The minimum atomic E-state index is -1.25. The van der Waals surface area contributed by atoms with Crippen LogP contribution < -0.4 is 4.74 Å². The summed E-state index contributed by atoms with van der Waals surface area (Å²) in [6.45, 7) is 4.83. The predicted octanol–water partition coefficient (Wildman–Crippen LogP) is 2.89. The van der Waals surface area contributed by atoms with Crippen molar-refractivity contribution in [1.29, 1.82) is 0 Å². The summed E-state index contributed by atoms with van der Waals surface area (Å²) in [6.07, 6.45) is 0. The van der Waals surface area contributed by atoms with Gasteiger partial charge in [0.05, 0.1) is 0 Å². The molecule has 0 atom stereocenters. The summed E-state index contributed by atoms with van der Waals surface area (Å²) in [4.78, 5) is 10.9. The zero-order chi connectivity index (χ0) is 11.6. The Morgan fingerprint density at radius 3 is 2.60 bits per heavy atom. The second kappa shape index (κ2) is 4.11. The third kappa shape index (κ3) is 2.86. The molecule has 1 N–H and O–H groups in total. The van der Waals surface area contributed by atoms with E-state index in [0.717, 1.165) is 5.56 Å². The Labute approximate surface area is 93.6 Å². The number of rotatable bonds is 3. The zero-order valence-electron chi connectivity index (χ0n) is 8.87. The third-order valence-corrected chi connectivity index (χ3v) is 2.27. The standard InChI is InChI=1S/C11H13ClO3/c1-7-4-5-8(12)6-9(7)15-11(2,3)10(13)14/h4-6H,1-3H3,(H,13,14). The molecular formula is C11H13ClO3. The van der Waals surface area contributed by atoms with E-state index in [9.17, 15) is 4.79 Å². The van der Waals surface area contributed by atoms with Crippen molar-refractivity contribution in [2.24, 2.45) is 0 Å². The first-order valence-electron chi connectivity index (χ1n) is 4.51. The normalized spacial score (nSPS) is 11.2. The second-order valence-electron chi connectivity index (χ2n) is 3.83. The van der Waals surface area contributed by atoms with E-state index in [1.165, 1.54) is 13.8 Å². The largest absolute Gasteiger partial charge is 0.478 e. The lowest BCUT2D eigenvalue weighted by Gasteiger charge is -2.22. The third-order valence-electron chi connectivity index (χ3n) is 2.03. The number of hydrogen-bond donors (Lipinski definition) is 1. The van der Waals surface area contributed by atoms with Crippen LogP contribution in [0, 0.1) is 6.92 Å². The smallest absolute Gasteiger partial charge is 0.347 e. The first-order chi connectivity index (χ1) is 6.83. The van der Waals surface area contributed by atoms with Gasteiger partial charge in [0.15, 0.2) is 5.60 Å². The van der Waals surface area contributed by atoms with Gasteiger partial charge in [-0.25, -0.2) is 4.79 Å². The average Bonchev–Trinajstić information content (AvgIpc) is 2.10. The molecule has 1 aromatic rings. The van der Waals surface area contributed by atoms with E-state index >= 15 is 0 Å². The lowest BCUT2D eigenvalue weighted by Crippen LogP contribution is -2.38. The lowest BCUT2D eigenvalue weighted by atomic mass is 10.1. The summed E-state index contributed by atoms with van der Waals surface area (Å²) in [5.74, 6) is -0.517. The number of benzene rings is 1. The predicted molar refractivity (Wildman–Crippen MR) is 58.5 cm³/mol. The number of carbonyl (C=O) groups is 1. The fourth-order valence-corrected chi connectivity index (χ4v) is 1.16. The van der Waals surface area contributed by atoms with Crippen LogP contribution in [0.25, 0.3) is 0 Å². The molecule has 82 valence electrons. The fraction of sp³-hybridized carbons (Fsp3) is 0.364. The van der Waals surface area contributed by atoms with E-state index in [2.05, 4.69) is 0 Å². The zero-order valence-corrected chi connectivity index (χ0v) is 9.63. The summed E-state index contributed by atoms with van der Waals surface area (Å²) in [7, 11) is 0. The van der Waals surface area contributed by atoms with Crippen molar-refractivity contribution in [3.8, 4) is 5.75 Å². The molecule has 0 unspecified atom stereocenters. The first-order valence-corrected chi connectivity index (χ1v) is 4.89. The molecule has 0 aliphatic rings. The number of hydrogen-bond acceptors (Lipinski definition) is 2. The molecule has 0 saturated heterocycles. The number of aryl methyl sites for hydroxylation is 1. The number of ether oxygens (including phenoxy) is 1. The Hall–Kier alpha value is -1.22. The Morgan fingerprint density at radius 2 is 2.07 bits per heavy atom. The quantitative estimate of drug-likeness (QED) is 0.865. The van der Waals surface area contributed by atoms with Gasteiger partial charge >= 0.3 is 5.97 Å². The molecule has 15 heavy (non-hydrogen) atoms. The fourth-order valence-electron chi connectivity index (χ4n) is 1.00. The monoisotopic (exact) mass is 228 g/mol. The Kier molecular flexibility index (Phi) is 3.25. The number of halogens is 1. The molecule has 4 heteroatoms. The van der Waals surface area contributed by atoms with Crippen LogP contribution in [0.3, 0.4) is 0 Å². The van der Waals surface area contributed by atoms with E-state index in [0.29, 0.717) is 10.8 Å². The van der Waals surface area contributed by atoms with Gasteiger partial charge in [0, 0.05) is 5.02 Å². The van der Waals surface area contributed by atoms with Crippen LogP contribution in [0.5, 0.6) is 5.75 Å². The van der Waals surface area contributed by atoms with Crippen LogP contribution in [0.1, 0.15) is 19.4 Å². The Morgan fingerprint density at radius 1 is 1.47 bits per heavy atom. The maximum absolute atomic E-state index is 10.9. The van der Waals surface area contributed by atoms with Gasteiger partial charge in [-0.05, 0) is 38.5 Å². The van der Waals surface area contributed by atoms with E-state index in [4.69, 9.17) is 21.4 Å². The summed E-state index contributed by atoms with van der Waals surface area (Å²) in [6, 6.07) is 5.13. The van der Waals surface area contributed by atoms with E-state index in [-0.39, 0.29) is 0 Å². The van der Waals surface area contributed by atoms with Crippen molar-refractivity contribution in [2.45, 2.75) is 26.4 Å². The van der Waals surface area contributed by atoms with Gasteiger partial charge in [0.1, 0.15) is 5.75 Å². The molecule has 0 fully saturated rings. The van der Waals surface area contributed by atoms with Crippen molar-refractivity contribution < 1.29 is 14.6 Å². The number of carboxylic acid groups (broad SMARTS) is 1. The van der Waals surface area contributed by atoms with Gasteiger partial charge in [0.25, 0.3) is 0 Å². The molecule has 0 aliphatic heterocycles. The highest BCUT2D eigenvalue weighted by molar-refractivity contribution is 6.30. The molecule has 0 aliphatic carbocycles. The first kappa shape index (κ1) is 11.9.